The summed E-state index contributed by atoms with van der Waals surface area (Å²) in [5, 5.41) is 5.54. The Kier molecular flexibility index (Phi) is 2.80. The van der Waals surface area contributed by atoms with Crippen molar-refractivity contribution in [3.05, 3.63) is 59.9 Å². The molecule has 0 N–H and O–H groups in total. The summed E-state index contributed by atoms with van der Waals surface area (Å²) in [7, 11) is 0. The second-order valence-corrected chi connectivity index (χ2v) is 6.71. The third-order valence-electron chi connectivity index (χ3n) is 4.01. The molecule has 0 fully saturated rings. The Balaban J connectivity index is 1.87. The summed E-state index contributed by atoms with van der Waals surface area (Å²) in [6.07, 6.45) is 3.33. The van der Waals surface area contributed by atoms with Gasteiger partial charge in [-0.05, 0) is 24.6 Å². The molecule has 0 saturated heterocycles. The van der Waals surface area contributed by atoms with Crippen LogP contribution in [0.15, 0.2) is 59.5 Å². The van der Waals surface area contributed by atoms with Crippen molar-refractivity contribution in [2.24, 2.45) is 0 Å². The fourth-order valence-electron chi connectivity index (χ4n) is 2.97. The van der Waals surface area contributed by atoms with E-state index in [2.05, 4.69) is 29.1 Å². The quantitative estimate of drug-likeness (QED) is 0.475. The molecule has 0 bridgehead atoms. The maximum atomic E-state index is 5.43. The Morgan fingerprint density at radius 2 is 1.96 bits per heavy atom. The first-order valence-electron chi connectivity index (χ1n) is 7.55. The van der Waals surface area contributed by atoms with Gasteiger partial charge < -0.3 is 4.42 Å². The van der Waals surface area contributed by atoms with Crippen LogP contribution in [0, 0.1) is 6.92 Å². The van der Waals surface area contributed by atoms with E-state index in [-0.39, 0.29) is 0 Å². The smallest absolute Gasteiger partial charge is 0.217 e. The second kappa shape index (κ2) is 5.01. The molecule has 24 heavy (non-hydrogen) atoms. The van der Waals surface area contributed by atoms with Gasteiger partial charge in [0.15, 0.2) is 11.4 Å². The van der Waals surface area contributed by atoms with Gasteiger partial charge in [-0.15, -0.1) is 16.4 Å². The van der Waals surface area contributed by atoms with Gasteiger partial charge in [0.1, 0.15) is 11.2 Å². The predicted octanol–water partition coefficient (Wildman–Crippen LogP) is 4.57. The normalized spacial score (nSPS) is 11.5. The lowest BCUT2D eigenvalue weighted by Gasteiger charge is -2.02. The van der Waals surface area contributed by atoms with E-state index in [1.54, 1.807) is 28.4 Å². The Hall–Kier alpha value is -2.99. The van der Waals surface area contributed by atoms with Crippen molar-refractivity contribution >= 4 is 27.2 Å². The lowest BCUT2D eigenvalue weighted by atomic mass is 10.0. The highest BCUT2D eigenvalue weighted by atomic mass is 32.1. The van der Waals surface area contributed by atoms with Crippen LogP contribution in [-0.2, 0) is 0 Å². The summed E-state index contributed by atoms with van der Waals surface area (Å²) < 4.78 is 7.15. The van der Waals surface area contributed by atoms with Gasteiger partial charge in [0.2, 0.25) is 5.82 Å². The van der Waals surface area contributed by atoms with E-state index in [0.29, 0.717) is 11.6 Å². The summed E-state index contributed by atoms with van der Waals surface area (Å²) in [6.45, 7) is 2.12. The Labute approximate surface area is 141 Å². The largest absolute Gasteiger partial charge is 0.461 e. The average molecular weight is 332 g/mol. The van der Waals surface area contributed by atoms with Gasteiger partial charge in [-0.3, -0.25) is 0 Å². The SMILES string of the molecule is Cc1sc2ncn3nc(-c4ccco4)nc3c2c1-c1ccccc1. The monoisotopic (exact) mass is 332 g/mol. The predicted molar refractivity (Wildman–Crippen MR) is 94.0 cm³/mol. The molecule has 5 nitrogen and oxygen atoms in total. The van der Waals surface area contributed by atoms with E-state index in [0.717, 1.165) is 15.9 Å². The van der Waals surface area contributed by atoms with Gasteiger partial charge in [0.25, 0.3) is 0 Å². The van der Waals surface area contributed by atoms with Crippen LogP contribution < -0.4 is 0 Å². The molecule has 0 amide bonds. The van der Waals surface area contributed by atoms with Gasteiger partial charge >= 0.3 is 0 Å². The Morgan fingerprint density at radius 1 is 1.08 bits per heavy atom. The average Bonchev–Trinajstić information content (AvgIpc) is 3.32. The molecule has 0 aliphatic carbocycles. The number of hydrogen-bond donors (Lipinski definition) is 0. The van der Waals surface area contributed by atoms with Crippen LogP contribution in [0.1, 0.15) is 4.88 Å². The number of nitrogens with zero attached hydrogens (tertiary/aromatic N) is 4. The van der Waals surface area contributed by atoms with E-state index >= 15 is 0 Å². The molecule has 4 heterocycles. The fraction of sp³-hybridized carbons (Fsp3) is 0.0556. The van der Waals surface area contributed by atoms with E-state index in [9.17, 15) is 0 Å². The van der Waals surface area contributed by atoms with Crippen molar-refractivity contribution in [2.75, 3.05) is 0 Å². The minimum Gasteiger partial charge on any atom is -0.461 e. The molecule has 0 radical (unpaired) electrons. The lowest BCUT2D eigenvalue weighted by Crippen LogP contribution is -1.90. The van der Waals surface area contributed by atoms with Crippen LogP contribution >= 0.6 is 11.3 Å². The van der Waals surface area contributed by atoms with Crippen molar-refractivity contribution in [3.63, 3.8) is 0 Å². The summed E-state index contributed by atoms with van der Waals surface area (Å²) in [5.41, 5.74) is 3.14. The topological polar surface area (TPSA) is 56.2 Å². The minimum absolute atomic E-state index is 0.567. The first-order chi connectivity index (χ1) is 11.8. The zero-order chi connectivity index (χ0) is 16.1. The number of furan rings is 1. The van der Waals surface area contributed by atoms with Crippen LogP contribution in [-0.4, -0.2) is 19.6 Å². The van der Waals surface area contributed by atoms with Gasteiger partial charge in [-0.1, -0.05) is 30.3 Å². The third-order valence-corrected chi connectivity index (χ3v) is 5.02. The molecule has 5 aromatic rings. The molecule has 0 unspecified atom stereocenters. The fourth-order valence-corrected chi connectivity index (χ4v) is 3.98. The summed E-state index contributed by atoms with van der Waals surface area (Å²) in [5.74, 6) is 1.22. The molecule has 0 aliphatic heterocycles. The molecule has 0 atom stereocenters. The molecule has 0 saturated carbocycles. The number of aryl methyl sites for hydroxylation is 1. The number of fused-ring (bicyclic) bond motifs is 3. The van der Waals surface area contributed by atoms with Crippen molar-refractivity contribution in [1.29, 1.82) is 0 Å². The third kappa shape index (κ3) is 1.90. The van der Waals surface area contributed by atoms with Crippen LogP contribution in [0.4, 0.5) is 0 Å². The molecule has 116 valence electrons. The highest BCUT2D eigenvalue weighted by Gasteiger charge is 2.18. The molecule has 6 heteroatoms. The molecule has 1 aromatic carbocycles. The van der Waals surface area contributed by atoms with E-state index in [1.807, 2.05) is 30.3 Å². The standard InChI is InChI=1S/C18H12N4OS/c1-11-14(12-6-3-2-4-7-12)15-17-20-16(13-8-5-9-23-13)21-22(17)10-19-18(15)24-11/h2-10H,1H3. The maximum absolute atomic E-state index is 5.43. The van der Waals surface area contributed by atoms with E-state index in [4.69, 9.17) is 9.40 Å². The molecule has 0 spiro atoms. The number of rotatable bonds is 2. The van der Waals surface area contributed by atoms with Gasteiger partial charge in [0.05, 0.1) is 11.6 Å². The maximum Gasteiger partial charge on any atom is 0.217 e. The number of hydrogen-bond acceptors (Lipinski definition) is 5. The Morgan fingerprint density at radius 3 is 2.75 bits per heavy atom. The van der Waals surface area contributed by atoms with Gasteiger partial charge in [0, 0.05) is 10.4 Å². The molecule has 4 aromatic heterocycles. The van der Waals surface area contributed by atoms with Crippen molar-refractivity contribution in [1.82, 2.24) is 19.6 Å². The highest BCUT2D eigenvalue weighted by molar-refractivity contribution is 7.19. The molecular weight excluding hydrogens is 320 g/mol. The molecular formula is C18H12N4OS. The highest BCUT2D eigenvalue weighted by Crippen LogP contribution is 2.39. The van der Waals surface area contributed by atoms with Crippen LogP contribution in [0.2, 0.25) is 0 Å². The first-order valence-corrected chi connectivity index (χ1v) is 8.37. The number of thiophene rings is 1. The van der Waals surface area contributed by atoms with E-state index < -0.39 is 0 Å². The first kappa shape index (κ1) is 13.4. The number of benzene rings is 1. The van der Waals surface area contributed by atoms with Crippen molar-refractivity contribution < 1.29 is 4.42 Å². The van der Waals surface area contributed by atoms with Crippen molar-refractivity contribution in [3.8, 4) is 22.7 Å². The van der Waals surface area contributed by atoms with Crippen LogP contribution in [0.25, 0.3) is 38.6 Å². The van der Waals surface area contributed by atoms with Crippen LogP contribution in [0.3, 0.4) is 0 Å². The second-order valence-electron chi connectivity index (χ2n) is 5.50. The van der Waals surface area contributed by atoms with Crippen LogP contribution in [0.5, 0.6) is 0 Å². The summed E-state index contributed by atoms with van der Waals surface area (Å²) >= 11 is 1.68. The Bertz CT molecular complexity index is 1160. The number of aromatic nitrogens is 4. The van der Waals surface area contributed by atoms with E-state index in [1.165, 1.54) is 16.0 Å². The zero-order valence-electron chi connectivity index (χ0n) is 12.8. The van der Waals surface area contributed by atoms with Crippen molar-refractivity contribution in [2.45, 2.75) is 6.92 Å². The zero-order valence-corrected chi connectivity index (χ0v) is 13.6. The lowest BCUT2D eigenvalue weighted by molar-refractivity contribution is 0.577. The van der Waals surface area contributed by atoms with Gasteiger partial charge in [-0.25, -0.2) is 14.5 Å². The minimum atomic E-state index is 0.567. The van der Waals surface area contributed by atoms with Gasteiger partial charge in [-0.2, -0.15) is 0 Å². The summed E-state index contributed by atoms with van der Waals surface area (Å²) in [4.78, 5) is 11.5. The summed E-state index contributed by atoms with van der Waals surface area (Å²) in [6, 6.07) is 14.0. The molecule has 5 rings (SSSR count). The molecule has 0 aliphatic rings.